The van der Waals surface area contributed by atoms with Gasteiger partial charge in [0.1, 0.15) is 0 Å². The second kappa shape index (κ2) is 9.50. The van der Waals surface area contributed by atoms with E-state index in [9.17, 15) is 8.42 Å². The summed E-state index contributed by atoms with van der Waals surface area (Å²) in [6.07, 6.45) is 0. The molecule has 29 heavy (non-hydrogen) atoms. The molecule has 0 amide bonds. The summed E-state index contributed by atoms with van der Waals surface area (Å²) in [7, 11) is 2.79. The molecule has 0 aromatic heterocycles. The van der Waals surface area contributed by atoms with Gasteiger partial charge < -0.3 is 0 Å². The molecule has 7 heteroatoms. The summed E-state index contributed by atoms with van der Waals surface area (Å²) >= 11 is -2.41. The molecule has 3 aromatic carbocycles. The van der Waals surface area contributed by atoms with Crippen molar-refractivity contribution in [2.45, 2.75) is 29.4 Å². The van der Waals surface area contributed by atoms with Crippen LogP contribution in [0.1, 0.15) is 28.8 Å². The summed E-state index contributed by atoms with van der Waals surface area (Å²) in [5.74, 6) is 0. The number of nitrogens with two attached hydrogens (primary N) is 1. The Kier molecular flexibility index (Phi) is 7.25. The first-order valence-electron chi connectivity index (χ1n) is 9.01. The molecule has 0 bridgehead atoms. The van der Waals surface area contributed by atoms with Gasteiger partial charge in [-0.1, -0.05) is 0 Å². The van der Waals surface area contributed by atoms with Crippen LogP contribution in [0.3, 0.4) is 0 Å². The topological polar surface area (TPSA) is 63.4 Å². The van der Waals surface area contributed by atoms with E-state index in [0.29, 0.717) is 0 Å². The van der Waals surface area contributed by atoms with Gasteiger partial charge in [0.25, 0.3) is 0 Å². The molecule has 155 valence electrons. The third kappa shape index (κ3) is 4.96. The number of hydrogen-bond donors (Lipinski definition) is 1. The number of aryl methyl sites for hydroxylation is 1. The molecule has 0 aliphatic heterocycles. The van der Waals surface area contributed by atoms with Crippen LogP contribution in [0.15, 0.2) is 89.8 Å². The Morgan fingerprint density at radius 3 is 1.83 bits per heavy atom. The van der Waals surface area contributed by atoms with Crippen LogP contribution in [0.4, 0.5) is 0 Å². The maximum absolute atomic E-state index is 13.7. The van der Waals surface area contributed by atoms with E-state index in [2.05, 4.69) is 0 Å². The van der Waals surface area contributed by atoms with E-state index in [4.69, 9.17) is 15.4 Å². The van der Waals surface area contributed by atoms with Crippen LogP contribution in [-0.4, -0.2) is 11.5 Å². The van der Waals surface area contributed by atoms with Gasteiger partial charge in [-0.05, 0) is 0 Å². The Hall–Kier alpha value is -1.56. The Morgan fingerprint density at radius 2 is 1.34 bits per heavy atom. The van der Waals surface area contributed by atoms with E-state index in [1.54, 1.807) is 29.8 Å². The van der Waals surface area contributed by atoms with Crippen molar-refractivity contribution < 1.29 is 23.6 Å². The van der Waals surface area contributed by atoms with Gasteiger partial charge in [0.05, 0.1) is 0 Å². The molecule has 0 unspecified atom stereocenters. The van der Waals surface area contributed by atoms with Crippen molar-refractivity contribution in [3.8, 4) is 0 Å². The summed E-state index contributed by atoms with van der Waals surface area (Å²) in [6, 6.07) is 24.7. The van der Waals surface area contributed by atoms with Crippen LogP contribution in [0.2, 0.25) is 5.52 Å². The third-order valence-corrected chi connectivity index (χ3v) is 11.3. The van der Waals surface area contributed by atoms with E-state index in [0.717, 1.165) is 16.7 Å². The molecular weight excluding hydrogens is 493 g/mol. The third-order valence-electron chi connectivity index (χ3n) is 4.63. The zero-order valence-corrected chi connectivity index (χ0v) is 19.5. The second-order valence-corrected chi connectivity index (χ2v) is 13.9. The molecule has 0 heterocycles. The standard InChI is InChI=1S/C21H21N2O2S.CH3.ClH.Ru/c1-16-12-14-19(15-13-16)26(24,25)23-21(18-10-6-3-7-11-18)20(22)17-8-4-2-5-9-17;;;/h2-15,20-21H,22H2,1H3;1H3;1H;/q-1;;;+2/p-1/t20-,21-;;;/m0.../s1. The molecule has 0 aliphatic carbocycles. The Labute approximate surface area is 182 Å². The molecule has 0 radical (unpaired) electrons. The molecule has 3 aromatic rings. The van der Waals surface area contributed by atoms with Crippen LogP contribution in [-0.2, 0) is 25.2 Å². The van der Waals surface area contributed by atoms with Gasteiger partial charge in [-0.25, -0.2) is 0 Å². The average molecular weight is 517 g/mol. The molecule has 2 atom stereocenters. The van der Waals surface area contributed by atoms with E-state index in [1.807, 2.05) is 67.6 Å². The fourth-order valence-corrected chi connectivity index (χ4v) is 9.68. The monoisotopic (exact) mass is 517 g/mol. The average Bonchev–Trinajstić information content (AvgIpc) is 2.72. The number of benzene rings is 3. The fourth-order valence-electron chi connectivity index (χ4n) is 3.16. The van der Waals surface area contributed by atoms with Gasteiger partial charge >= 0.3 is 183 Å². The Morgan fingerprint density at radius 1 is 0.862 bits per heavy atom. The van der Waals surface area contributed by atoms with E-state index >= 15 is 0 Å². The molecule has 0 spiro atoms. The molecule has 0 saturated heterocycles. The van der Waals surface area contributed by atoms with Crippen LogP contribution in [0.25, 0.3) is 0 Å². The number of rotatable bonds is 7. The van der Waals surface area contributed by atoms with Crippen molar-refractivity contribution in [1.82, 2.24) is 3.05 Å². The maximum atomic E-state index is 13.7. The SMILES string of the molecule is Cc1ccc(S(=O)(=O)[N]([C@@H](c2ccccc2)[C@@H](N)c2ccccc2)[Ru]([CH3])[Cl])cc1. The molecular formula is C22H24ClN2O2RuS. The summed E-state index contributed by atoms with van der Waals surface area (Å²) < 4.78 is 28.8. The van der Waals surface area contributed by atoms with Crippen molar-refractivity contribution in [3.05, 3.63) is 102 Å². The first kappa shape index (κ1) is 22.1. The van der Waals surface area contributed by atoms with Gasteiger partial charge in [0.2, 0.25) is 0 Å². The quantitative estimate of drug-likeness (QED) is 0.441. The molecule has 4 nitrogen and oxygen atoms in total. The van der Waals surface area contributed by atoms with E-state index in [-0.39, 0.29) is 4.90 Å². The van der Waals surface area contributed by atoms with E-state index < -0.39 is 37.3 Å². The molecule has 0 saturated carbocycles. The second-order valence-electron chi connectivity index (χ2n) is 6.69. The number of nitrogens with zero attached hydrogens (tertiary/aromatic N) is 1. The van der Waals surface area contributed by atoms with Gasteiger partial charge in [-0.3, -0.25) is 0 Å². The number of halogens is 1. The van der Waals surface area contributed by atoms with Crippen molar-refractivity contribution in [1.29, 1.82) is 0 Å². The fraction of sp³-hybridized carbons (Fsp3) is 0.182. The summed E-state index contributed by atoms with van der Waals surface area (Å²) in [5.41, 5.74) is 11.1. The van der Waals surface area contributed by atoms with Crippen LogP contribution in [0, 0.1) is 6.92 Å². The summed E-state index contributed by atoms with van der Waals surface area (Å²) in [4.78, 5) is 0.227. The summed E-state index contributed by atoms with van der Waals surface area (Å²) in [5, 5.41) is 0. The van der Waals surface area contributed by atoms with Gasteiger partial charge in [0.15, 0.2) is 0 Å². The zero-order valence-electron chi connectivity index (χ0n) is 16.2. The molecule has 3 rings (SSSR count). The van der Waals surface area contributed by atoms with Gasteiger partial charge in [-0.2, -0.15) is 0 Å². The van der Waals surface area contributed by atoms with Crippen molar-refractivity contribution in [2.24, 2.45) is 5.73 Å². The van der Waals surface area contributed by atoms with Gasteiger partial charge in [0, 0.05) is 0 Å². The molecule has 0 aliphatic rings. The van der Waals surface area contributed by atoms with Crippen LogP contribution < -0.4 is 5.73 Å². The number of hydrogen-bond acceptors (Lipinski definition) is 3. The molecule has 2 N–H and O–H groups in total. The minimum atomic E-state index is -3.83. The van der Waals surface area contributed by atoms with Gasteiger partial charge in [-0.15, -0.1) is 0 Å². The minimum absolute atomic E-state index is 0.227. The van der Waals surface area contributed by atoms with Crippen LogP contribution in [0.5, 0.6) is 0 Å². The Balaban J connectivity index is 2.16. The molecule has 0 fully saturated rings. The van der Waals surface area contributed by atoms with Crippen LogP contribution >= 0.6 is 9.69 Å². The Bertz CT molecular complexity index is 1030. The van der Waals surface area contributed by atoms with E-state index in [1.165, 1.54) is 3.05 Å². The normalized spacial score (nSPS) is 14.4. The zero-order chi connectivity index (χ0) is 21.0. The number of sulfonamides is 1. The first-order valence-corrected chi connectivity index (χ1v) is 15.2. The predicted octanol–water partition coefficient (Wildman–Crippen LogP) is 5.16. The van der Waals surface area contributed by atoms with Crippen molar-refractivity contribution in [2.75, 3.05) is 0 Å². The predicted molar refractivity (Wildman–Crippen MR) is 114 cm³/mol. The first-order chi connectivity index (χ1) is 13.8. The van der Waals surface area contributed by atoms with Crippen molar-refractivity contribution >= 4 is 19.7 Å². The van der Waals surface area contributed by atoms with Crippen molar-refractivity contribution in [3.63, 3.8) is 0 Å². The summed E-state index contributed by atoms with van der Waals surface area (Å²) in [6.45, 7) is 1.92.